The predicted octanol–water partition coefficient (Wildman–Crippen LogP) is 4.29. The molecule has 0 saturated carbocycles. The van der Waals surface area contributed by atoms with E-state index in [1.807, 2.05) is 30.3 Å². The molecule has 0 radical (unpaired) electrons. The van der Waals surface area contributed by atoms with Gasteiger partial charge in [-0.05, 0) is 30.5 Å². The van der Waals surface area contributed by atoms with Crippen molar-refractivity contribution in [2.24, 2.45) is 5.92 Å². The molecule has 1 aromatic heterocycles. The van der Waals surface area contributed by atoms with Crippen LogP contribution in [0.2, 0.25) is 0 Å². The summed E-state index contributed by atoms with van der Waals surface area (Å²) in [6, 6.07) is 12.0. The Hall–Kier alpha value is -1.96. The lowest BCUT2D eigenvalue weighted by atomic mass is 9.96. The fourth-order valence-electron chi connectivity index (χ4n) is 3.04. The molecule has 0 amide bonds. The van der Waals surface area contributed by atoms with Crippen LogP contribution >= 0.6 is 0 Å². The van der Waals surface area contributed by atoms with Crippen molar-refractivity contribution in [3.63, 3.8) is 0 Å². The van der Waals surface area contributed by atoms with Gasteiger partial charge in [0.25, 0.3) is 0 Å². The molecule has 2 heteroatoms. The average molecular weight is 265 g/mol. The first-order valence-corrected chi connectivity index (χ1v) is 7.38. The van der Waals surface area contributed by atoms with Crippen molar-refractivity contribution < 1.29 is 4.79 Å². The monoisotopic (exact) mass is 265 g/mol. The molecule has 20 heavy (non-hydrogen) atoms. The fourth-order valence-corrected chi connectivity index (χ4v) is 3.04. The summed E-state index contributed by atoms with van der Waals surface area (Å²) in [5.74, 6) is 0.490. The Balaban J connectivity index is 1.99. The van der Waals surface area contributed by atoms with E-state index >= 15 is 0 Å². The molecule has 2 aromatic rings. The third kappa shape index (κ3) is 2.26. The number of fused-ring (bicyclic) bond motifs is 1. The van der Waals surface area contributed by atoms with Crippen LogP contribution in [0, 0.1) is 5.92 Å². The van der Waals surface area contributed by atoms with E-state index in [0.29, 0.717) is 5.78 Å². The highest BCUT2D eigenvalue weighted by Crippen LogP contribution is 2.36. The van der Waals surface area contributed by atoms with Gasteiger partial charge in [-0.25, -0.2) is 0 Å². The number of carbonyl (C=O) groups excluding carboxylic acids is 1. The minimum atomic E-state index is 0.176. The number of benzene rings is 1. The first-order chi connectivity index (χ1) is 9.81. The minimum Gasteiger partial charge on any atom is -0.294 e. The number of hydrogen-bond donors (Lipinski definition) is 0. The quantitative estimate of drug-likeness (QED) is 0.825. The van der Waals surface area contributed by atoms with Gasteiger partial charge >= 0.3 is 0 Å². The first-order valence-electron chi connectivity index (χ1n) is 7.38. The van der Waals surface area contributed by atoms with Crippen LogP contribution in [0.3, 0.4) is 0 Å². The Bertz CT molecular complexity index is 619. The van der Waals surface area contributed by atoms with Crippen molar-refractivity contribution in [2.75, 3.05) is 0 Å². The first kappa shape index (κ1) is 13.0. The molecule has 3 rings (SSSR count). The zero-order chi connectivity index (χ0) is 13.9. The molecule has 0 saturated heterocycles. The van der Waals surface area contributed by atoms with E-state index in [4.69, 9.17) is 0 Å². The lowest BCUT2D eigenvalue weighted by molar-refractivity contribution is 0.0930. The SMILES string of the molecule is CCCCC1Cc2cccc(-c3ccccn3)c2C1=O. The van der Waals surface area contributed by atoms with Crippen LogP contribution in [-0.2, 0) is 6.42 Å². The summed E-state index contributed by atoms with van der Waals surface area (Å²) in [5.41, 5.74) is 3.99. The van der Waals surface area contributed by atoms with Gasteiger partial charge in [-0.1, -0.05) is 44.0 Å². The Morgan fingerprint density at radius 3 is 2.85 bits per heavy atom. The molecule has 1 unspecified atom stereocenters. The van der Waals surface area contributed by atoms with E-state index < -0.39 is 0 Å². The van der Waals surface area contributed by atoms with Crippen LogP contribution in [0.4, 0.5) is 0 Å². The molecule has 1 atom stereocenters. The molecule has 2 nitrogen and oxygen atoms in total. The predicted molar refractivity (Wildman–Crippen MR) is 80.7 cm³/mol. The number of aromatic nitrogens is 1. The smallest absolute Gasteiger partial charge is 0.167 e. The average Bonchev–Trinajstić information content (AvgIpc) is 2.82. The van der Waals surface area contributed by atoms with Gasteiger partial charge in [0.1, 0.15) is 0 Å². The summed E-state index contributed by atoms with van der Waals surface area (Å²) in [6.07, 6.45) is 5.96. The van der Waals surface area contributed by atoms with Gasteiger partial charge in [0.15, 0.2) is 5.78 Å². The summed E-state index contributed by atoms with van der Waals surface area (Å²) in [5, 5.41) is 0. The number of Topliss-reactive ketones (excluding diaryl/α,β-unsaturated/α-hetero) is 1. The van der Waals surface area contributed by atoms with Crippen LogP contribution < -0.4 is 0 Å². The molecule has 0 N–H and O–H groups in total. The number of hydrogen-bond acceptors (Lipinski definition) is 2. The van der Waals surface area contributed by atoms with Crippen LogP contribution in [0.1, 0.15) is 42.1 Å². The number of pyridine rings is 1. The molecule has 102 valence electrons. The van der Waals surface area contributed by atoms with Crippen LogP contribution in [0.25, 0.3) is 11.3 Å². The topological polar surface area (TPSA) is 30.0 Å². The number of ketones is 1. The molecule has 1 aromatic carbocycles. The van der Waals surface area contributed by atoms with Gasteiger partial charge in [0.2, 0.25) is 0 Å². The second kappa shape index (κ2) is 5.58. The van der Waals surface area contributed by atoms with Gasteiger partial charge in [-0.3, -0.25) is 9.78 Å². The van der Waals surface area contributed by atoms with Gasteiger partial charge in [0, 0.05) is 23.2 Å². The summed E-state index contributed by atoms with van der Waals surface area (Å²) < 4.78 is 0. The van der Waals surface area contributed by atoms with Gasteiger partial charge in [-0.2, -0.15) is 0 Å². The van der Waals surface area contributed by atoms with Gasteiger partial charge in [0.05, 0.1) is 5.69 Å². The highest BCUT2D eigenvalue weighted by molar-refractivity contribution is 6.07. The maximum absolute atomic E-state index is 12.7. The zero-order valence-electron chi connectivity index (χ0n) is 11.8. The molecule has 1 aliphatic rings. The number of rotatable bonds is 4. The van der Waals surface area contributed by atoms with E-state index in [9.17, 15) is 4.79 Å². The van der Waals surface area contributed by atoms with Gasteiger partial charge < -0.3 is 0 Å². The van der Waals surface area contributed by atoms with Crippen molar-refractivity contribution in [1.29, 1.82) is 0 Å². The Morgan fingerprint density at radius 2 is 2.10 bits per heavy atom. The van der Waals surface area contributed by atoms with Gasteiger partial charge in [-0.15, -0.1) is 0 Å². The normalized spacial score (nSPS) is 17.2. The van der Waals surface area contributed by atoms with Crippen molar-refractivity contribution in [2.45, 2.75) is 32.6 Å². The zero-order valence-corrected chi connectivity index (χ0v) is 11.8. The standard InChI is InChI=1S/C18H19NO/c1-2-3-7-14-12-13-8-6-9-15(17(13)18(14)20)16-10-4-5-11-19-16/h4-6,8-11,14H,2-3,7,12H2,1H3. The molecule has 0 fully saturated rings. The lowest BCUT2D eigenvalue weighted by Gasteiger charge is -2.08. The van der Waals surface area contributed by atoms with Crippen molar-refractivity contribution in [3.8, 4) is 11.3 Å². The Labute approximate surface area is 119 Å². The summed E-state index contributed by atoms with van der Waals surface area (Å²) in [6.45, 7) is 2.17. The van der Waals surface area contributed by atoms with E-state index in [-0.39, 0.29) is 5.92 Å². The summed E-state index contributed by atoms with van der Waals surface area (Å²) in [4.78, 5) is 17.1. The van der Waals surface area contributed by atoms with Crippen molar-refractivity contribution in [1.82, 2.24) is 4.98 Å². The molecular weight excluding hydrogens is 246 g/mol. The molecule has 0 spiro atoms. The van der Waals surface area contributed by atoms with E-state index in [1.54, 1.807) is 6.20 Å². The van der Waals surface area contributed by atoms with Crippen molar-refractivity contribution >= 4 is 5.78 Å². The Kier molecular flexibility index (Phi) is 3.64. The number of carbonyl (C=O) groups is 1. The summed E-state index contributed by atoms with van der Waals surface area (Å²) >= 11 is 0. The number of nitrogens with zero attached hydrogens (tertiary/aromatic N) is 1. The Morgan fingerprint density at radius 1 is 1.20 bits per heavy atom. The molecule has 1 heterocycles. The van der Waals surface area contributed by atoms with Crippen LogP contribution in [0.5, 0.6) is 0 Å². The van der Waals surface area contributed by atoms with Crippen LogP contribution in [-0.4, -0.2) is 10.8 Å². The van der Waals surface area contributed by atoms with E-state index in [1.165, 1.54) is 5.56 Å². The maximum Gasteiger partial charge on any atom is 0.167 e. The fraction of sp³-hybridized carbons (Fsp3) is 0.333. The second-order valence-corrected chi connectivity index (χ2v) is 5.46. The molecular formula is C18H19NO. The third-order valence-electron chi connectivity index (χ3n) is 4.08. The second-order valence-electron chi connectivity index (χ2n) is 5.46. The molecule has 0 bridgehead atoms. The van der Waals surface area contributed by atoms with E-state index in [0.717, 1.165) is 42.5 Å². The lowest BCUT2D eigenvalue weighted by Crippen LogP contribution is -2.09. The van der Waals surface area contributed by atoms with E-state index in [2.05, 4.69) is 18.0 Å². The summed E-state index contributed by atoms with van der Waals surface area (Å²) in [7, 11) is 0. The maximum atomic E-state index is 12.7. The molecule has 0 aliphatic heterocycles. The highest BCUT2D eigenvalue weighted by atomic mass is 16.1. The van der Waals surface area contributed by atoms with Crippen molar-refractivity contribution in [3.05, 3.63) is 53.7 Å². The largest absolute Gasteiger partial charge is 0.294 e. The molecule has 1 aliphatic carbocycles. The minimum absolute atomic E-state index is 0.176. The highest BCUT2D eigenvalue weighted by Gasteiger charge is 2.32. The van der Waals surface area contributed by atoms with Crippen LogP contribution in [0.15, 0.2) is 42.6 Å². The third-order valence-corrected chi connectivity index (χ3v) is 4.08. The number of unbranched alkanes of at least 4 members (excludes halogenated alkanes) is 1.